The van der Waals surface area contributed by atoms with Crippen LogP contribution in [0.1, 0.15) is 16.7 Å². The average Bonchev–Trinajstić information content (AvgIpc) is 3.21. The molecule has 28 heavy (non-hydrogen) atoms. The lowest BCUT2D eigenvalue weighted by Crippen LogP contribution is -2.43. The number of hydrogen-bond donors (Lipinski definition) is 1. The summed E-state index contributed by atoms with van der Waals surface area (Å²) in [6, 6.07) is 10.1. The van der Waals surface area contributed by atoms with Gasteiger partial charge in [-0.15, -0.1) is 0 Å². The second kappa shape index (κ2) is 7.88. The number of rotatable bonds is 4. The van der Waals surface area contributed by atoms with E-state index in [-0.39, 0.29) is 6.79 Å². The Morgan fingerprint density at radius 3 is 2.57 bits per heavy atom. The van der Waals surface area contributed by atoms with Gasteiger partial charge in [-0.25, -0.2) is 0 Å². The van der Waals surface area contributed by atoms with E-state index in [4.69, 9.17) is 18.9 Å². The predicted octanol–water partition coefficient (Wildman–Crippen LogP) is 2.57. The largest absolute Gasteiger partial charge is 0.493 e. The van der Waals surface area contributed by atoms with E-state index in [1.165, 1.54) is 11.1 Å². The number of guanidine groups is 1. The van der Waals surface area contributed by atoms with E-state index in [9.17, 15) is 0 Å². The number of benzene rings is 2. The lowest BCUT2D eigenvalue weighted by atomic mass is 9.99. The van der Waals surface area contributed by atoms with Crippen molar-refractivity contribution in [3.05, 3.63) is 47.0 Å². The van der Waals surface area contributed by atoms with Crippen LogP contribution in [0.5, 0.6) is 23.0 Å². The number of nitrogens with zero attached hydrogens (tertiary/aromatic N) is 2. The maximum absolute atomic E-state index is 5.46. The third-order valence-corrected chi connectivity index (χ3v) is 5.12. The van der Waals surface area contributed by atoms with Crippen molar-refractivity contribution >= 4 is 5.96 Å². The zero-order chi connectivity index (χ0) is 19.5. The summed E-state index contributed by atoms with van der Waals surface area (Å²) in [6.45, 7) is 2.62. The molecule has 1 N–H and O–H groups in total. The van der Waals surface area contributed by atoms with Crippen LogP contribution in [0.25, 0.3) is 0 Å². The van der Waals surface area contributed by atoms with Gasteiger partial charge in [-0.3, -0.25) is 4.99 Å². The van der Waals surface area contributed by atoms with E-state index >= 15 is 0 Å². The first kappa shape index (κ1) is 18.3. The van der Waals surface area contributed by atoms with Crippen molar-refractivity contribution in [2.45, 2.75) is 19.5 Å². The van der Waals surface area contributed by atoms with Gasteiger partial charge < -0.3 is 29.2 Å². The highest BCUT2D eigenvalue weighted by Crippen LogP contribution is 2.34. The molecule has 0 fully saturated rings. The molecule has 4 rings (SSSR count). The van der Waals surface area contributed by atoms with Gasteiger partial charge in [0.2, 0.25) is 6.79 Å². The first-order valence-corrected chi connectivity index (χ1v) is 9.29. The van der Waals surface area contributed by atoms with Crippen molar-refractivity contribution in [3.63, 3.8) is 0 Å². The van der Waals surface area contributed by atoms with E-state index in [1.54, 1.807) is 14.2 Å². The second-order valence-electron chi connectivity index (χ2n) is 6.74. The van der Waals surface area contributed by atoms with Crippen molar-refractivity contribution in [1.82, 2.24) is 10.2 Å². The summed E-state index contributed by atoms with van der Waals surface area (Å²) in [7, 11) is 5.14. The molecule has 0 saturated heterocycles. The Hall–Kier alpha value is -3.09. The van der Waals surface area contributed by atoms with Crippen LogP contribution in [0.2, 0.25) is 0 Å². The van der Waals surface area contributed by atoms with Gasteiger partial charge in [0.1, 0.15) is 0 Å². The molecule has 0 amide bonds. The normalized spacial score (nSPS) is 15.2. The number of fused-ring (bicyclic) bond motifs is 2. The van der Waals surface area contributed by atoms with Crippen LogP contribution >= 0.6 is 0 Å². The van der Waals surface area contributed by atoms with Crippen LogP contribution < -0.4 is 24.3 Å². The molecule has 0 radical (unpaired) electrons. The minimum absolute atomic E-state index is 0.287. The highest BCUT2D eigenvalue weighted by atomic mass is 16.7. The third kappa shape index (κ3) is 3.52. The number of ether oxygens (including phenoxy) is 4. The lowest BCUT2D eigenvalue weighted by Gasteiger charge is -2.32. The Labute approximate surface area is 164 Å². The average molecular weight is 383 g/mol. The van der Waals surface area contributed by atoms with Gasteiger partial charge in [-0.05, 0) is 47.4 Å². The zero-order valence-corrected chi connectivity index (χ0v) is 16.4. The summed E-state index contributed by atoms with van der Waals surface area (Å²) >= 11 is 0. The van der Waals surface area contributed by atoms with Gasteiger partial charge in [0.15, 0.2) is 29.0 Å². The smallest absolute Gasteiger partial charge is 0.231 e. The van der Waals surface area contributed by atoms with Gasteiger partial charge in [0.05, 0.1) is 14.2 Å². The molecule has 0 saturated carbocycles. The second-order valence-corrected chi connectivity index (χ2v) is 6.74. The van der Waals surface area contributed by atoms with Crippen LogP contribution in [0.4, 0.5) is 0 Å². The molecule has 0 unspecified atom stereocenters. The highest BCUT2D eigenvalue weighted by Gasteiger charge is 2.22. The van der Waals surface area contributed by atoms with Crippen LogP contribution in [-0.4, -0.2) is 45.5 Å². The van der Waals surface area contributed by atoms with Gasteiger partial charge >= 0.3 is 0 Å². The van der Waals surface area contributed by atoms with E-state index < -0.39 is 0 Å². The quantitative estimate of drug-likeness (QED) is 0.647. The Morgan fingerprint density at radius 2 is 1.82 bits per heavy atom. The summed E-state index contributed by atoms with van der Waals surface area (Å²) in [6.07, 6.45) is 0.931. The molecule has 2 aromatic rings. The Bertz CT molecular complexity index is 897. The van der Waals surface area contributed by atoms with Crippen LogP contribution in [0, 0.1) is 0 Å². The maximum Gasteiger partial charge on any atom is 0.231 e. The number of methoxy groups -OCH3 is 2. The molecule has 148 valence electrons. The summed E-state index contributed by atoms with van der Waals surface area (Å²) in [5.74, 6) is 4.00. The fraction of sp³-hybridized carbons (Fsp3) is 0.381. The molecule has 0 atom stereocenters. The molecule has 7 nitrogen and oxygen atoms in total. The fourth-order valence-electron chi connectivity index (χ4n) is 3.63. The van der Waals surface area contributed by atoms with Gasteiger partial charge in [0, 0.05) is 26.7 Å². The molecule has 0 aromatic heterocycles. The lowest BCUT2D eigenvalue weighted by molar-refractivity contribution is 0.174. The zero-order valence-electron chi connectivity index (χ0n) is 16.4. The van der Waals surface area contributed by atoms with E-state index in [1.807, 2.05) is 25.2 Å². The molecular weight excluding hydrogens is 358 g/mol. The summed E-state index contributed by atoms with van der Waals surface area (Å²) in [5.41, 5.74) is 3.64. The third-order valence-electron chi connectivity index (χ3n) is 5.12. The van der Waals surface area contributed by atoms with Crippen LogP contribution in [0.3, 0.4) is 0 Å². The molecule has 2 heterocycles. The van der Waals surface area contributed by atoms with Gasteiger partial charge in [0.25, 0.3) is 0 Å². The maximum atomic E-state index is 5.46. The van der Waals surface area contributed by atoms with Crippen LogP contribution in [-0.2, 0) is 19.5 Å². The Kier molecular flexibility index (Phi) is 5.14. The van der Waals surface area contributed by atoms with Crippen molar-refractivity contribution in [2.24, 2.45) is 4.99 Å². The molecule has 7 heteroatoms. The fourth-order valence-corrected chi connectivity index (χ4v) is 3.63. The number of nitrogens with one attached hydrogen (secondary N) is 1. The summed E-state index contributed by atoms with van der Waals surface area (Å²) < 4.78 is 21.7. The number of aliphatic imine (C=N–C) groups is 1. The van der Waals surface area contributed by atoms with E-state index in [2.05, 4.69) is 27.3 Å². The van der Waals surface area contributed by atoms with Gasteiger partial charge in [-0.1, -0.05) is 6.07 Å². The minimum atomic E-state index is 0.287. The van der Waals surface area contributed by atoms with Crippen molar-refractivity contribution < 1.29 is 18.9 Å². The van der Waals surface area contributed by atoms with Crippen molar-refractivity contribution in [1.29, 1.82) is 0 Å². The first-order valence-electron chi connectivity index (χ1n) is 9.29. The van der Waals surface area contributed by atoms with E-state index in [0.717, 1.165) is 54.0 Å². The predicted molar refractivity (Wildman–Crippen MR) is 106 cm³/mol. The van der Waals surface area contributed by atoms with Crippen molar-refractivity contribution in [3.8, 4) is 23.0 Å². The first-order chi connectivity index (χ1) is 13.7. The molecule has 2 aromatic carbocycles. The molecule has 0 aliphatic carbocycles. The Balaban J connectivity index is 1.45. The standard InChI is InChI=1S/C21H25N3O4/c1-22-21(23-11-14-4-5-17-20(8-14)28-13-27-17)24-7-6-15-9-18(25-2)19(26-3)10-16(15)12-24/h4-5,8-10H,6-7,11-13H2,1-3H3,(H,22,23). The molecule has 0 bridgehead atoms. The SMILES string of the molecule is CN=C(NCc1ccc2c(c1)OCO2)N1CCc2cc(OC)c(OC)cc2C1. The molecule has 2 aliphatic rings. The van der Waals surface area contributed by atoms with E-state index in [0.29, 0.717) is 6.54 Å². The highest BCUT2D eigenvalue weighted by molar-refractivity contribution is 5.80. The van der Waals surface area contributed by atoms with Gasteiger partial charge in [-0.2, -0.15) is 0 Å². The van der Waals surface area contributed by atoms with Crippen LogP contribution in [0.15, 0.2) is 35.3 Å². The monoisotopic (exact) mass is 383 g/mol. The summed E-state index contributed by atoms with van der Waals surface area (Å²) in [5, 5.41) is 3.45. The molecule has 2 aliphatic heterocycles. The minimum Gasteiger partial charge on any atom is -0.493 e. The summed E-state index contributed by atoms with van der Waals surface area (Å²) in [4.78, 5) is 6.72. The topological polar surface area (TPSA) is 64.6 Å². The molecular formula is C21H25N3O4. The Morgan fingerprint density at radius 1 is 1.07 bits per heavy atom. The molecule has 0 spiro atoms. The number of hydrogen-bond acceptors (Lipinski definition) is 5. The van der Waals surface area contributed by atoms with Crippen molar-refractivity contribution in [2.75, 3.05) is 34.6 Å².